The van der Waals surface area contributed by atoms with Gasteiger partial charge in [-0.25, -0.2) is 9.18 Å². The van der Waals surface area contributed by atoms with E-state index in [0.29, 0.717) is 38.2 Å². The Morgan fingerprint density at radius 1 is 1.08 bits per heavy atom. The molecule has 1 aliphatic rings. The number of ether oxygens (including phenoxy) is 1. The summed E-state index contributed by atoms with van der Waals surface area (Å²) in [6.07, 6.45) is 1.38. The standard InChI is InChI=1S/C20H20FNO4/c21-17-3-1-2-16(12-17)20(8-10-26-11-9-20)13-22-18(23)14-4-6-15(7-5-14)19(24)25/h1-7,12H,8-11,13H2,(H,22,23)(H,24,25). The van der Waals surface area contributed by atoms with Gasteiger partial charge in [0.2, 0.25) is 0 Å². The van der Waals surface area contributed by atoms with E-state index in [9.17, 15) is 14.0 Å². The number of hydrogen-bond donors (Lipinski definition) is 2. The van der Waals surface area contributed by atoms with Crippen LogP contribution in [0.3, 0.4) is 0 Å². The quantitative estimate of drug-likeness (QED) is 0.863. The highest BCUT2D eigenvalue weighted by atomic mass is 19.1. The number of nitrogens with one attached hydrogen (secondary N) is 1. The number of carbonyl (C=O) groups excluding carboxylic acids is 1. The number of hydrogen-bond acceptors (Lipinski definition) is 3. The Hall–Kier alpha value is -2.73. The predicted octanol–water partition coefficient (Wildman–Crippen LogP) is 3.00. The number of rotatable bonds is 5. The van der Waals surface area contributed by atoms with Crippen molar-refractivity contribution in [3.05, 3.63) is 71.0 Å². The van der Waals surface area contributed by atoms with E-state index in [0.717, 1.165) is 5.56 Å². The molecule has 0 aromatic heterocycles. The number of benzene rings is 2. The fourth-order valence-electron chi connectivity index (χ4n) is 3.26. The zero-order valence-electron chi connectivity index (χ0n) is 14.2. The number of carboxylic acids is 1. The highest BCUT2D eigenvalue weighted by Crippen LogP contribution is 2.34. The molecule has 0 saturated carbocycles. The Morgan fingerprint density at radius 2 is 1.73 bits per heavy atom. The van der Waals surface area contributed by atoms with Gasteiger partial charge in [-0.15, -0.1) is 0 Å². The van der Waals surface area contributed by atoms with E-state index in [-0.39, 0.29) is 22.7 Å². The molecule has 2 aromatic carbocycles. The smallest absolute Gasteiger partial charge is 0.335 e. The van der Waals surface area contributed by atoms with E-state index in [2.05, 4.69) is 5.32 Å². The lowest BCUT2D eigenvalue weighted by Crippen LogP contribution is -2.44. The van der Waals surface area contributed by atoms with Crippen LogP contribution in [0.4, 0.5) is 4.39 Å². The van der Waals surface area contributed by atoms with Gasteiger partial charge in [-0.2, -0.15) is 0 Å². The molecule has 0 aliphatic carbocycles. The van der Waals surface area contributed by atoms with Crippen molar-refractivity contribution in [2.45, 2.75) is 18.3 Å². The van der Waals surface area contributed by atoms with Crippen LogP contribution in [0.5, 0.6) is 0 Å². The molecule has 1 saturated heterocycles. The summed E-state index contributed by atoms with van der Waals surface area (Å²) in [5, 5.41) is 11.8. The average molecular weight is 357 g/mol. The molecule has 5 nitrogen and oxygen atoms in total. The molecule has 2 aromatic rings. The lowest BCUT2D eigenvalue weighted by atomic mass is 9.74. The van der Waals surface area contributed by atoms with Crippen molar-refractivity contribution >= 4 is 11.9 Å². The van der Waals surface area contributed by atoms with Crippen molar-refractivity contribution in [1.29, 1.82) is 0 Å². The largest absolute Gasteiger partial charge is 0.478 e. The van der Waals surface area contributed by atoms with Gasteiger partial charge in [0.15, 0.2) is 0 Å². The fourth-order valence-corrected chi connectivity index (χ4v) is 3.26. The molecule has 0 unspecified atom stereocenters. The molecule has 26 heavy (non-hydrogen) atoms. The highest BCUT2D eigenvalue weighted by molar-refractivity contribution is 5.95. The molecular formula is C20H20FNO4. The van der Waals surface area contributed by atoms with Crippen molar-refractivity contribution in [3.8, 4) is 0 Å². The monoisotopic (exact) mass is 357 g/mol. The maximum absolute atomic E-state index is 13.7. The highest BCUT2D eigenvalue weighted by Gasteiger charge is 2.35. The van der Waals surface area contributed by atoms with Crippen LogP contribution in [0.2, 0.25) is 0 Å². The van der Waals surface area contributed by atoms with E-state index in [1.54, 1.807) is 6.07 Å². The van der Waals surface area contributed by atoms with Crippen molar-refractivity contribution in [1.82, 2.24) is 5.32 Å². The van der Waals surface area contributed by atoms with Crippen LogP contribution in [0.25, 0.3) is 0 Å². The topological polar surface area (TPSA) is 75.6 Å². The van der Waals surface area contributed by atoms with Crippen molar-refractivity contribution < 1.29 is 23.8 Å². The van der Waals surface area contributed by atoms with Gasteiger partial charge in [-0.05, 0) is 54.8 Å². The van der Waals surface area contributed by atoms with Crippen molar-refractivity contribution in [3.63, 3.8) is 0 Å². The maximum atomic E-state index is 13.7. The van der Waals surface area contributed by atoms with Crippen LogP contribution in [0, 0.1) is 5.82 Å². The lowest BCUT2D eigenvalue weighted by Gasteiger charge is -2.38. The molecule has 0 bridgehead atoms. The first-order valence-electron chi connectivity index (χ1n) is 8.46. The molecule has 6 heteroatoms. The van der Waals surface area contributed by atoms with Crippen molar-refractivity contribution in [2.75, 3.05) is 19.8 Å². The van der Waals surface area contributed by atoms with E-state index >= 15 is 0 Å². The van der Waals surface area contributed by atoms with E-state index in [4.69, 9.17) is 9.84 Å². The second-order valence-corrected chi connectivity index (χ2v) is 6.47. The minimum atomic E-state index is -1.04. The Labute approximate surface area is 150 Å². The molecule has 1 fully saturated rings. The first-order chi connectivity index (χ1) is 12.5. The lowest BCUT2D eigenvalue weighted by molar-refractivity contribution is 0.0486. The van der Waals surface area contributed by atoms with Crippen molar-refractivity contribution in [2.24, 2.45) is 0 Å². The number of carbonyl (C=O) groups is 2. The summed E-state index contributed by atoms with van der Waals surface area (Å²) in [7, 11) is 0. The van der Waals surface area contributed by atoms with Gasteiger partial charge in [-0.3, -0.25) is 4.79 Å². The second kappa shape index (κ2) is 7.66. The third-order valence-corrected chi connectivity index (χ3v) is 4.87. The molecule has 0 atom stereocenters. The zero-order chi connectivity index (χ0) is 18.6. The van der Waals surface area contributed by atoms with Gasteiger partial charge in [-0.1, -0.05) is 12.1 Å². The summed E-state index contributed by atoms with van der Waals surface area (Å²) in [4.78, 5) is 23.3. The third-order valence-electron chi connectivity index (χ3n) is 4.87. The Kier molecular flexibility index (Phi) is 5.32. The first-order valence-corrected chi connectivity index (χ1v) is 8.46. The van der Waals surface area contributed by atoms with E-state index < -0.39 is 5.97 Å². The number of carboxylic acid groups (broad SMARTS) is 1. The molecule has 3 rings (SSSR count). The molecular weight excluding hydrogens is 337 g/mol. The van der Waals surface area contributed by atoms with Crippen LogP contribution in [0.15, 0.2) is 48.5 Å². The summed E-state index contributed by atoms with van der Waals surface area (Å²) >= 11 is 0. The van der Waals surface area contributed by atoms with Crippen LogP contribution in [0.1, 0.15) is 39.1 Å². The average Bonchev–Trinajstić information content (AvgIpc) is 2.67. The van der Waals surface area contributed by atoms with Gasteiger partial charge in [0, 0.05) is 30.7 Å². The molecule has 2 N–H and O–H groups in total. The second-order valence-electron chi connectivity index (χ2n) is 6.47. The minimum Gasteiger partial charge on any atom is -0.478 e. The van der Waals surface area contributed by atoms with Gasteiger partial charge >= 0.3 is 5.97 Å². The zero-order valence-corrected chi connectivity index (χ0v) is 14.2. The first kappa shape index (κ1) is 18.1. The van der Waals surface area contributed by atoms with E-state index in [1.165, 1.54) is 36.4 Å². The van der Waals surface area contributed by atoms with Gasteiger partial charge in [0.05, 0.1) is 5.56 Å². The summed E-state index contributed by atoms with van der Waals surface area (Å²) in [6, 6.07) is 12.2. The fraction of sp³-hybridized carbons (Fsp3) is 0.300. The van der Waals surface area contributed by atoms with Crippen LogP contribution >= 0.6 is 0 Å². The summed E-state index contributed by atoms with van der Waals surface area (Å²) in [5.74, 6) is -1.63. The maximum Gasteiger partial charge on any atom is 0.335 e. The molecule has 0 spiro atoms. The Bertz CT molecular complexity index is 798. The van der Waals surface area contributed by atoms with Gasteiger partial charge in [0.25, 0.3) is 5.91 Å². The number of amides is 1. The normalized spacial score (nSPS) is 16.0. The minimum absolute atomic E-state index is 0.127. The molecule has 136 valence electrons. The number of halogens is 1. The Balaban J connectivity index is 1.75. The third kappa shape index (κ3) is 3.91. The Morgan fingerprint density at radius 3 is 2.35 bits per heavy atom. The van der Waals surface area contributed by atoms with E-state index in [1.807, 2.05) is 6.07 Å². The van der Waals surface area contributed by atoms with Crippen LogP contribution in [-0.2, 0) is 10.2 Å². The van der Waals surface area contributed by atoms with Gasteiger partial charge in [0.1, 0.15) is 5.82 Å². The predicted molar refractivity (Wildman–Crippen MR) is 93.9 cm³/mol. The van der Waals surface area contributed by atoms with Crippen LogP contribution in [-0.4, -0.2) is 36.7 Å². The van der Waals surface area contributed by atoms with Gasteiger partial charge < -0.3 is 15.2 Å². The summed E-state index contributed by atoms with van der Waals surface area (Å²) < 4.78 is 19.1. The SMILES string of the molecule is O=C(O)c1ccc(C(=O)NCC2(c3cccc(F)c3)CCOCC2)cc1. The summed E-state index contributed by atoms with van der Waals surface area (Å²) in [5.41, 5.74) is 0.984. The van der Waals surface area contributed by atoms with Crippen LogP contribution < -0.4 is 5.32 Å². The molecule has 0 radical (unpaired) electrons. The molecule has 1 amide bonds. The summed E-state index contributed by atoms with van der Waals surface area (Å²) in [6.45, 7) is 1.47. The number of aromatic carboxylic acids is 1. The molecule has 1 heterocycles. The molecule has 1 aliphatic heterocycles.